The van der Waals surface area contributed by atoms with E-state index in [9.17, 15) is 14.9 Å². The van der Waals surface area contributed by atoms with Crippen LogP contribution in [0, 0.1) is 10.3 Å². The highest BCUT2D eigenvalue weighted by Gasteiger charge is 2.36. The number of carbonyl (C=O) groups excluding carboxylic acids is 1. The Labute approximate surface area is 111 Å². The van der Waals surface area contributed by atoms with Gasteiger partial charge in [0.15, 0.2) is 5.70 Å². The molecular formula is C14H16N2O3. The molecule has 1 aliphatic heterocycles. The zero-order valence-electron chi connectivity index (χ0n) is 11.0. The first-order chi connectivity index (χ1) is 8.94. The lowest BCUT2D eigenvalue weighted by Gasteiger charge is -2.14. The predicted octanol–water partition coefficient (Wildman–Crippen LogP) is 2.97. The minimum Gasteiger partial charge on any atom is -0.289 e. The molecule has 100 valence electrons. The molecule has 1 aliphatic rings. The number of Topliss-reactive ketones (excluding diaryl/α,β-unsaturated/α-hetero) is 1. The first-order valence-electron chi connectivity index (χ1n) is 6.07. The Balaban J connectivity index is 2.41. The molecule has 5 nitrogen and oxygen atoms in total. The van der Waals surface area contributed by atoms with Crippen LogP contribution in [0.4, 0.5) is 0 Å². The van der Waals surface area contributed by atoms with Crippen molar-refractivity contribution in [1.29, 1.82) is 0 Å². The van der Waals surface area contributed by atoms with Crippen LogP contribution in [-0.2, 0) is 0 Å². The second kappa shape index (κ2) is 4.93. The molecule has 1 aromatic rings. The Morgan fingerprint density at radius 1 is 1.32 bits per heavy atom. The molecule has 0 saturated carbocycles. The minimum absolute atomic E-state index is 0.184. The van der Waals surface area contributed by atoms with Crippen molar-refractivity contribution in [2.24, 2.45) is 10.6 Å². The van der Waals surface area contributed by atoms with E-state index in [1.54, 1.807) is 30.3 Å². The van der Waals surface area contributed by atoms with Gasteiger partial charge in [-0.1, -0.05) is 44.2 Å². The maximum Gasteiger partial charge on any atom is 0.216 e. The van der Waals surface area contributed by atoms with Gasteiger partial charge in [0.2, 0.25) is 5.78 Å². The fourth-order valence-electron chi connectivity index (χ4n) is 2.26. The fourth-order valence-corrected chi connectivity index (χ4v) is 2.26. The zero-order chi connectivity index (χ0) is 14.0. The number of nitrogens with zero attached hydrogens (tertiary/aromatic N) is 2. The molecule has 0 aromatic heterocycles. The molecule has 0 bridgehead atoms. The summed E-state index contributed by atoms with van der Waals surface area (Å²) in [4.78, 5) is 23.2. The number of carbonyl (C=O) groups is 1. The number of allylic oxidation sites excluding steroid dienone is 2. The fraction of sp³-hybridized carbons (Fsp3) is 0.357. The smallest absolute Gasteiger partial charge is 0.216 e. The van der Waals surface area contributed by atoms with Crippen LogP contribution < -0.4 is 0 Å². The van der Waals surface area contributed by atoms with Gasteiger partial charge in [-0.05, 0) is 17.0 Å². The van der Waals surface area contributed by atoms with Crippen molar-refractivity contribution in [3.8, 4) is 0 Å². The van der Waals surface area contributed by atoms with Crippen molar-refractivity contribution in [2.75, 3.05) is 6.54 Å². The Bertz CT molecular complexity index is 535. The third kappa shape index (κ3) is 2.71. The number of hydrogen-bond acceptors (Lipinski definition) is 5. The summed E-state index contributed by atoms with van der Waals surface area (Å²) in [6.07, 6.45) is 0.448. The molecule has 19 heavy (non-hydrogen) atoms. The maximum atomic E-state index is 12.2. The third-order valence-corrected chi connectivity index (χ3v) is 3.15. The van der Waals surface area contributed by atoms with Gasteiger partial charge in [0.25, 0.3) is 0 Å². The van der Waals surface area contributed by atoms with Crippen molar-refractivity contribution in [2.45, 2.75) is 20.3 Å². The molecule has 0 atom stereocenters. The minimum atomic E-state index is -0.456. The Kier molecular flexibility index (Phi) is 3.48. The highest BCUT2D eigenvalue weighted by molar-refractivity contribution is 6.08. The second-order valence-electron chi connectivity index (χ2n) is 5.48. The van der Waals surface area contributed by atoms with Gasteiger partial charge in [-0.2, -0.15) is 0 Å². The monoisotopic (exact) mass is 260 g/mol. The molecule has 1 aromatic carbocycles. The lowest BCUT2D eigenvalue weighted by molar-refractivity contribution is -0.0504. The topological polar surface area (TPSA) is 70.0 Å². The molecule has 0 aliphatic carbocycles. The molecule has 0 amide bonds. The molecule has 0 radical (unpaired) electrons. The number of ketones is 1. The van der Waals surface area contributed by atoms with E-state index in [0.717, 1.165) is 5.06 Å². The van der Waals surface area contributed by atoms with E-state index in [1.165, 1.54) is 0 Å². The molecule has 2 rings (SSSR count). The summed E-state index contributed by atoms with van der Waals surface area (Å²) in [6, 6.07) is 8.46. The van der Waals surface area contributed by atoms with E-state index in [-0.39, 0.29) is 11.1 Å². The molecule has 1 fully saturated rings. The van der Waals surface area contributed by atoms with Gasteiger partial charge in [0, 0.05) is 5.56 Å². The summed E-state index contributed by atoms with van der Waals surface area (Å²) < 4.78 is 0. The molecule has 0 unspecified atom stereocenters. The highest BCUT2D eigenvalue weighted by Crippen LogP contribution is 2.37. The van der Waals surface area contributed by atoms with Crippen LogP contribution in [0.5, 0.6) is 0 Å². The van der Waals surface area contributed by atoms with Gasteiger partial charge < -0.3 is 0 Å². The van der Waals surface area contributed by atoms with Crippen LogP contribution in [0.1, 0.15) is 30.6 Å². The van der Waals surface area contributed by atoms with Crippen molar-refractivity contribution in [1.82, 2.24) is 5.06 Å². The van der Waals surface area contributed by atoms with Crippen LogP contribution in [-0.4, -0.2) is 22.6 Å². The molecule has 1 N–H and O–H groups in total. The van der Waals surface area contributed by atoms with Crippen LogP contribution in [0.25, 0.3) is 0 Å². The Morgan fingerprint density at radius 2 is 1.95 bits per heavy atom. The van der Waals surface area contributed by atoms with E-state index in [0.29, 0.717) is 24.2 Å². The predicted molar refractivity (Wildman–Crippen MR) is 70.5 cm³/mol. The normalized spacial score (nSPS) is 20.3. The first kappa shape index (κ1) is 13.4. The van der Waals surface area contributed by atoms with Gasteiger partial charge in [0.1, 0.15) is 0 Å². The van der Waals surface area contributed by atoms with Crippen LogP contribution in [0.15, 0.2) is 46.9 Å². The standard InChI is InChI=1S/C14H16N2O3/c1-14(2)8-11(16(19)9-14)12(15-18)13(17)10-6-4-3-5-7-10/h3-7,19H,8-9H2,1-2H3/b12-11+. The number of hydrogen-bond donors (Lipinski definition) is 1. The van der Waals surface area contributed by atoms with E-state index in [2.05, 4.69) is 5.18 Å². The summed E-state index contributed by atoms with van der Waals surface area (Å²) in [6.45, 7) is 4.29. The average Bonchev–Trinajstić information content (AvgIpc) is 2.65. The second-order valence-corrected chi connectivity index (χ2v) is 5.48. The van der Waals surface area contributed by atoms with Crippen LogP contribution >= 0.6 is 0 Å². The van der Waals surface area contributed by atoms with Crippen molar-refractivity contribution in [3.63, 3.8) is 0 Å². The van der Waals surface area contributed by atoms with Gasteiger partial charge >= 0.3 is 0 Å². The summed E-state index contributed by atoms with van der Waals surface area (Å²) in [5, 5.41) is 13.6. The number of nitroso groups, excluding NO2 is 1. The third-order valence-electron chi connectivity index (χ3n) is 3.15. The van der Waals surface area contributed by atoms with E-state index in [1.807, 2.05) is 13.8 Å². The molecule has 1 saturated heterocycles. The van der Waals surface area contributed by atoms with Gasteiger partial charge in [0.05, 0.1) is 12.2 Å². The zero-order valence-corrected chi connectivity index (χ0v) is 11.0. The summed E-state index contributed by atoms with van der Waals surface area (Å²) in [7, 11) is 0. The van der Waals surface area contributed by atoms with Crippen LogP contribution in [0.3, 0.4) is 0 Å². The summed E-state index contributed by atoms with van der Waals surface area (Å²) in [5.41, 5.74) is 0.299. The van der Waals surface area contributed by atoms with Crippen molar-refractivity contribution in [3.05, 3.63) is 52.2 Å². The van der Waals surface area contributed by atoms with Gasteiger partial charge in [-0.3, -0.25) is 15.1 Å². The van der Waals surface area contributed by atoms with Crippen molar-refractivity contribution >= 4 is 5.78 Å². The molecule has 1 heterocycles. The maximum absolute atomic E-state index is 12.2. The number of rotatable bonds is 3. The van der Waals surface area contributed by atoms with Gasteiger partial charge in [-0.15, -0.1) is 4.91 Å². The lowest BCUT2D eigenvalue weighted by atomic mass is 9.91. The number of hydroxylamine groups is 2. The van der Waals surface area contributed by atoms with E-state index >= 15 is 0 Å². The molecule has 0 spiro atoms. The SMILES string of the molecule is CC1(C)C/C(=C(\N=O)C(=O)c2ccccc2)N(O)C1. The summed E-state index contributed by atoms with van der Waals surface area (Å²) in [5.74, 6) is -0.456. The number of benzene rings is 1. The quantitative estimate of drug-likeness (QED) is 0.515. The van der Waals surface area contributed by atoms with Crippen LogP contribution in [0.2, 0.25) is 0 Å². The average molecular weight is 260 g/mol. The van der Waals surface area contributed by atoms with Gasteiger partial charge in [-0.25, -0.2) is 0 Å². The molecular weight excluding hydrogens is 244 g/mol. The largest absolute Gasteiger partial charge is 0.289 e. The Morgan fingerprint density at radius 3 is 2.42 bits per heavy atom. The Hall–Kier alpha value is -2.01. The lowest BCUT2D eigenvalue weighted by Crippen LogP contribution is -2.19. The van der Waals surface area contributed by atoms with E-state index in [4.69, 9.17) is 0 Å². The van der Waals surface area contributed by atoms with E-state index < -0.39 is 5.78 Å². The summed E-state index contributed by atoms with van der Waals surface area (Å²) >= 11 is 0. The molecule has 5 heteroatoms. The first-order valence-corrected chi connectivity index (χ1v) is 6.07. The van der Waals surface area contributed by atoms with Crippen molar-refractivity contribution < 1.29 is 10.0 Å². The highest BCUT2D eigenvalue weighted by atomic mass is 16.5.